The van der Waals surface area contributed by atoms with Gasteiger partial charge in [0.05, 0.1) is 24.0 Å². The minimum absolute atomic E-state index is 0.179. The van der Waals surface area contributed by atoms with Crippen LogP contribution >= 0.6 is 11.6 Å². The monoisotopic (exact) mass is 297 g/mol. The Hall–Kier alpha value is -0.913. The molecule has 0 spiro atoms. The van der Waals surface area contributed by atoms with Crippen LogP contribution in [0.2, 0.25) is 23.3 Å². The second-order valence-electron chi connectivity index (χ2n) is 6.27. The fourth-order valence-electron chi connectivity index (χ4n) is 1.55. The molecule has 2 heterocycles. The quantitative estimate of drug-likeness (QED) is 0.684. The Kier molecular flexibility index (Phi) is 3.73. The Bertz CT molecular complexity index is 589. The van der Waals surface area contributed by atoms with Crippen LogP contribution in [0.25, 0.3) is 10.9 Å². The van der Waals surface area contributed by atoms with Gasteiger partial charge in [0.15, 0.2) is 8.32 Å². The predicted molar refractivity (Wildman–Crippen MR) is 80.9 cm³/mol. The maximum Gasteiger partial charge on any atom is 0.192 e. The summed E-state index contributed by atoms with van der Waals surface area (Å²) in [5.74, 6) is 0. The molecular formula is C13H20ClN3OSi. The van der Waals surface area contributed by atoms with Gasteiger partial charge in [-0.3, -0.25) is 5.10 Å². The zero-order valence-electron chi connectivity index (χ0n) is 12.0. The van der Waals surface area contributed by atoms with E-state index in [1.165, 1.54) is 0 Å². The first-order valence-corrected chi connectivity index (χ1v) is 9.62. The van der Waals surface area contributed by atoms with Gasteiger partial charge in [0.25, 0.3) is 0 Å². The number of hydrogen-bond donors (Lipinski definition) is 1. The Morgan fingerprint density at radius 2 is 2.05 bits per heavy atom. The third kappa shape index (κ3) is 2.99. The van der Waals surface area contributed by atoms with Crippen molar-refractivity contribution in [2.75, 3.05) is 0 Å². The van der Waals surface area contributed by atoms with Gasteiger partial charge in [-0.15, -0.1) is 0 Å². The van der Waals surface area contributed by atoms with E-state index in [1.807, 2.05) is 0 Å². The van der Waals surface area contributed by atoms with E-state index in [0.717, 1.165) is 16.6 Å². The number of fused-ring (bicyclic) bond motifs is 1. The zero-order chi connectivity index (χ0) is 14.3. The number of halogens is 1. The second-order valence-corrected chi connectivity index (χ2v) is 11.5. The number of rotatable bonds is 3. The minimum Gasteiger partial charge on any atom is -0.411 e. The van der Waals surface area contributed by atoms with Crippen LogP contribution in [0.5, 0.6) is 0 Å². The van der Waals surface area contributed by atoms with Crippen LogP contribution in [-0.2, 0) is 11.0 Å². The maximum absolute atomic E-state index is 6.18. The van der Waals surface area contributed by atoms with Crippen LogP contribution in [0.15, 0.2) is 12.3 Å². The van der Waals surface area contributed by atoms with E-state index in [-0.39, 0.29) is 5.04 Å². The maximum atomic E-state index is 6.18. The molecule has 2 aromatic heterocycles. The normalized spacial score (nSPS) is 13.2. The standard InChI is InChI=1S/C13H20ClN3OSi/c1-13(2,3)19(4,5)18-8-10-12-9(7-15-17-12)6-11(14)16-10/h6-7H,8H2,1-5H3,(H,15,17). The van der Waals surface area contributed by atoms with Crippen LogP contribution in [0.1, 0.15) is 26.5 Å². The van der Waals surface area contributed by atoms with Gasteiger partial charge in [-0.05, 0) is 24.2 Å². The van der Waals surface area contributed by atoms with Crippen LogP contribution in [0.4, 0.5) is 0 Å². The van der Waals surface area contributed by atoms with Gasteiger partial charge in [0.1, 0.15) is 5.15 Å². The first kappa shape index (κ1) is 14.5. The molecule has 19 heavy (non-hydrogen) atoms. The number of H-pyrrole nitrogens is 1. The lowest BCUT2D eigenvalue weighted by molar-refractivity contribution is 0.273. The lowest BCUT2D eigenvalue weighted by Gasteiger charge is -2.36. The molecule has 0 saturated carbocycles. The van der Waals surface area contributed by atoms with Gasteiger partial charge in [-0.25, -0.2) is 4.98 Å². The van der Waals surface area contributed by atoms with Gasteiger partial charge in [0, 0.05) is 5.39 Å². The van der Waals surface area contributed by atoms with Crippen LogP contribution in [0, 0.1) is 0 Å². The zero-order valence-corrected chi connectivity index (χ0v) is 13.8. The molecule has 0 amide bonds. The Labute approximate surface area is 119 Å². The number of aromatic nitrogens is 3. The molecule has 0 aliphatic carbocycles. The van der Waals surface area contributed by atoms with Gasteiger partial charge in [-0.1, -0.05) is 32.4 Å². The van der Waals surface area contributed by atoms with Crippen molar-refractivity contribution >= 4 is 30.8 Å². The number of hydrogen-bond acceptors (Lipinski definition) is 3. The average Bonchev–Trinajstić information content (AvgIpc) is 2.72. The molecule has 4 nitrogen and oxygen atoms in total. The summed E-state index contributed by atoms with van der Waals surface area (Å²) in [7, 11) is -1.79. The summed E-state index contributed by atoms with van der Waals surface area (Å²) in [5.41, 5.74) is 1.73. The molecule has 0 unspecified atom stereocenters. The highest BCUT2D eigenvalue weighted by atomic mass is 35.5. The molecule has 0 bridgehead atoms. The van der Waals surface area contributed by atoms with E-state index >= 15 is 0 Å². The number of nitrogens with zero attached hydrogens (tertiary/aromatic N) is 2. The average molecular weight is 298 g/mol. The fraction of sp³-hybridized carbons (Fsp3) is 0.538. The summed E-state index contributed by atoms with van der Waals surface area (Å²) in [6.07, 6.45) is 1.75. The lowest BCUT2D eigenvalue weighted by atomic mass is 10.2. The smallest absolute Gasteiger partial charge is 0.192 e. The van der Waals surface area contributed by atoms with Gasteiger partial charge >= 0.3 is 0 Å². The third-order valence-corrected chi connectivity index (χ3v) is 8.52. The summed E-state index contributed by atoms with van der Waals surface area (Å²) in [4.78, 5) is 4.35. The molecule has 6 heteroatoms. The van der Waals surface area contributed by atoms with E-state index in [1.54, 1.807) is 12.3 Å². The molecule has 2 aromatic rings. The van der Waals surface area contributed by atoms with E-state index in [2.05, 4.69) is 49.0 Å². The van der Waals surface area contributed by atoms with Crippen molar-refractivity contribution in [2.45, 2.75) is 45.5 Å². The van der Waals surface area contributed by atoms with E-state index in [4.69, 9.17) is 16.0 Å². The molecule has 0 saturated heterocycles. The second kappa shape index (κ2) is 4.88. The van der Waals surface area contributed by atoms with Crippen molar-refractivity contribution in [1.82, 2.24) is 15.2 Å². The van der Waals surface area contributed by atoms with Crippen molar-refractivity contribution in [2.24, 2.45) is 0 Å². The SMILES string of the molecule is CC(C)(C)[Si](C)(C)OCc1nc(Cl)cc2cn[nH]c12. The summed E-state index contributed by atoms with van der Waals surface area (Å²) >= 11 is 6.02. The van der Waals surface area contributed by atoms with Crippen molar-refractivity contribution in [1.29, 1.82) is 0 Å². The Morgan fingerprint density at radius 1 is 1.37 bits per heavy atom. The van der Waals surface area contributed by atoms with Crippen molar-refractivity contribution in [3.63, 3.8) is 0 Å². The lowest BCUT2D eigenvalue weighted by Crippen LogP contribution is -2.40. The van der Waals surface area contributed by atoms with Crippen molar-refractivity contribution in [3.8, 4) is 0 Å². The highest BCUT2D eigenvalue weighted by Crippen LogP contribution is 2.37. The minimum atomic E-state index is -1.79. The summed E-state index contributed by atoms with van der Waals surface area (Å²) in [5, 5.41) is 8.60. The molecule has 0 atom stereocenters. The Morgan fingerprint density at radius 3 is 2.68 bits per heavy atom. The highest BCUT2D eigenvalue weighted by Gasteiger charge is 2.37. The van der Waals surface area contributed by atoms with Crippen LogP contribution < -0.4 is 0 Å². The van der Waals surface area contributed by atoms with Gasteiger partial charge in [-0.2, -0.15) is 5.10 Å². The molecule has 0 aliphatic heterocycles. The van der Waals surface area contributed by atoms with Gasteiger partial charge in [0.2, 0.25) is 0 Å². The predicted octanol–water partition coefficient (Wildman–Crippen LogP) is 4.13. The number of nitrogens with one attached hydrogen (secondary N) is 1. The molecule has 2 rings (SSSR count). The Balaban J connectivity index is 2.25. The molecular weight excluding hydrogens is 278 g/mol. The molecule has 0 fully saturated rings. The summed E-state index contributed by atoms with van der Waals surface area (Å²) < 4.78 is 6.18. The van der Waals surface area contributed by atoms with Crippen molar-refractivity contribution < 1.29 is 4.43 Å². The van der Waals surface area contributed by atoms with Crippen LogP contribution in [-0.4, -0.2) is 23.5 Å². The summed E-state index contributed by atoms with van der Waals surface area (Å²) in [6.45, 7) is 11.6. The number of aromatic amines is 1. The molecule has 104 valence electrons. The van der Waals surface area contributed by atoms with E-state index < -0.39 is 8.32 Å². The topological polar surface area (TPSA) is 50.8 Å². The van der Waals surface area contributed by atoms with Crippen molar-refractivity contribution in [3.05, 3.63) is 23.1 Å². The largest absolute Gasteiger partial charge is 0.411 e. The van der Waals surface area contributed by atoms with Crippen LogP contribution in [0.3, 0.4) is 0 Å². The highest BCUT2D eigenvalue weighted by molar-refractivity contribution is 6.74. The fourth-order valence-corrected chi connectivity index (χ4v) is 2.70. The molecule has 1 N–H and O–H groups in total. The number of pyridine rings is 1. The summed E-state index contributed by atoms with van der Waals surface area (Å²) in [6, 6.07) is 1.80. The first-order chi connectivity index (χ1) is 8.71. The van der Waals surface area contributed by atoms with Gasteiger partial charge < -0.3 is 4.43 Å². The molecule has 0 aliphatic rings. The molecule has 0 aromatic carbocycles. The van der Waals surface area contributed by atoms with E-state index in [0.29, 0.717) is 11.8 Å². The first-order valence-electron chi connectivity index (χ1n) is 6.33. The molecule has 0 radical (unpaired) electrons. The third-order valence-electron chi connectivity index (χ3n) is 3.85. The van der Waals surface area contributed by atoms with E-state index in [9.17, 15) is 0 Å².